The summed E-state index contributed by atoms with van der Waals surface area (Å²) in [6.45, 7) is 6.30. The van der Waals surface area contributed by atoms with Crippen LogP contribution in [0, 0.1) is 0 Å². The summed E-state index contributed by atoms with van der Waals surface area (Å²) in [5.41, 5.74) is 1.11. The fraction of sp³-hybridized carbons (Fsp3) is 0.455. The average molecular weight is 219 g/mol. The van der Waals surface area contributed by atoms with E-state index in [1.165, 1.54) is 6.42 Å². The molecule has 1 aromatic rings. The van der Waals surface area contributed by atoms with Gasteiger partial charge in [-0.25, -0.2) is 0 Å². The lowest BCUT2D eigenvalue weighted by Gasteiger charge is -2.00. The van der Waals surface area contributed by atoms with E-state index in [9.17, 15) is 0 Å². The molecular formula is C11H16Cl2. The van der Waals surface area contributed by atoms with Gasteiger partial charge in [0.1, 0.15) is 0 Å². The van der Waals surface area contributed by atoms with Crippen LogP contribution >= 0.6 is 23.2 Å². The minimum Gasteiger partial charge on any atom is -0.0827 e. The van der Waals surface area contributed by atoms with Crippen LogP contribution in [0.1, 0.15) is 32.8 Å². The van der Waals surface area contributed by atoms with Gasteiger partial charge in [-0.1, -0.05) is 62.5 Å². The minimum atomic E-state index is 0.640. The van der Waals surface area contributed by atoms with Crippen LogP contribution in [0.15, 0.2) is 18.2 Å². The van der Waals surface area contributed by atoms with Crippen molar-refractivity contribution >= 4 is 23.2 Å². The molecule has 0 heterocycles. The van der Waals surface area contributed by atoms with Crippen LogP contribution in [-0.2, 0) is 6.42 Å². The van der Waals surface area contributed by atoms with Crippen LogP contribution in [0.3, 0.4) is 0 Å². The van der Waals surface area contributed by atoms with E-state index in [1.54, 1.807) is 6.07 Å². The normalized spacial score (nSPS) is 9.00. The maximum atomic E-state index is 5.86. The number of aryl methyl sites for hydroxylation is 1. The molecule has 0 saturated carbocycles. The van der Waals surface area contributed by atoms with Gasteiger partial charge in [0.15, 0.2) is 0 Å². The van der Waals surface area contributed by atoms with Crippen LogP contribution in [-0.4, -0.2) is 0 Å². The van der Waals surface area contributed by atoms with E-state index in [-0.39, 0.29) is 0 Å². The fourth-order valence-corrected chi connectivity index (χ4v) is 1.28. The molecule has 0 fully saturated rings. The second-order valence-corrected chi connectivity index (χ2v) is 3.56. The molecule has 0 spiro atoms. The first kappa shape index (κ1) is 12.8. The molecule has 0 aromatic heterocycles. The van der Waals surface area contributed by atoms with Gasteiger partial charge in [0.05, 0.1) is 10.0 Å². The molecule has 0 N–H and O–H groups in total. The van der Waals surface area contributed by atoms with Crippen LogP contribution in [0.5, 0.6) is 0 Å². The highest BCUT2D eigenvalue weighted by molar-refractivity contribution is 6.42. The first-order chi connectivity index (χ1) is 6.17. The zero-order chi connectivity index (χ0) is 10.3. The van der Waals surface area contributed by atoms with Crippen molar-refractivity contribution in [2.45, 2.75) is 33.6 Å². The Labute approximate surface area is 90.9 Å². The van der Waals surface area contributed by atoms with E-state index in [0.717, 1.165) is 12.0 Å². The third-order valence-corrected chi connectivity index (χ3v) is 2.27. The highest BCUT2D eigenvalue weighted by atomic mass is 35.5. The molecular weight excluding hydrogens is 203 g/mol. The molecule has 0 unspecified atom stereocenters. The van der Waals surface area contributed by atoms with E-state index < -0.39 is 0 Å². The summed E-state index contributed by atoms with van der Waals surface area (Å²) in [5.74, 6) is 0. The molecule has 13 heavy (non-hydrogen) atoms. The van der Waals surface area contributed by atoms with Crippen molar-refractivity contribution in [2.24, 2.45) is 0 Å². The lowest BCUT2D eigenvalue weighted by molar-refractivity contribution is 1.09. The van der Waals surface area contributed by atoms with Crippen LogP contribution in [0.4, 0.5) is 0 Å². The van der Waals surface area contributed by atoms with Crippen LogP contribution in [0.2, 0.25) is 10.0 Å². The van der Waals surface area contributed by atoms with Gasteiger partial charge in [-0.2, -0.15) is 0 Å². The molecule has 1 aromatic carbocycles. The Morgan fingerprint density at radius 1 is 1.08 bits per heavy atom. The smallest absolute Gasteiger partial charge is 0.0624 e. The summed E-state index contributed by atoms with van der Waals surface area (Å²) < 4.78 is 0. The molecule has 0 saturated heterocycles. The molecule has 74 valence electrons. The zero-order valence-electron chi connectivity index (χ0n) is 8.40. The predicted octanol–water partition coefficient (Wildman–Crippen LogP) is 4.97. The second-order valence-electron chi connectivity index (χ2n) is 2.77. The number of benzene rings is 1. The van der Waals surface area contributed by atoms with Gasteiger partial charge < -0.3 is 0 Å². The van der Waals surface area contributed by atoms with E-state index in [2.05, 4.69) is 20.8 Å². The first-order valence-corrected chi connectivity index (χ1v) is 5.35. The lowest BCUT2D eigenvalue weighted by Crippen LogP contribution is -1.80. The van der Waals surface area contributed by atoms with Gasteiger partial charge in [-0.15, -0.1) is 0 Å². The Bertz CT molecular complexity index is 244. The van der Waals surface area contributed by atoms with Gasteiger partial charge in [0, 0.05) is 0 Å². The molecule has 0 aliphatic carbocycles. The Morgan fingerprint density at radius 3 is 2.00 bits per heavy atom. The first-order valence-electron chi connectivity index (χ1n) is 4.60. The SMILES string of the molecule is CCC.CCc1cccc(Cl)c1Cl. The standard InChI is InChI=1S/C8H8Cl2.C3H8/c1-2-6-4-3-5-7(9)8(6)10;1-3-2/h3-5H,2H2,1H3;3H2,1-2H3. The summed E-state index contributed by atoms with van der Waals surface area (Å²) in [6.07, 6.45) is 2.18. The van der Waals surface area contributed by atoms with Crippen LogP contribution in [0.25, 0.3) is 0 Å². The molecule has 1 rings (SSSR count). The van der Waals surface area contributed by atoms with Gasteiger partial charge >= 0.3 is 0 Å². The largest absolute Gasteiger partial charge is 0.0827 e. The van der Waals surface area contributed by atoms with Crippen molar-refractivity contribution in [2.75, 3.05) is 0 Å². The average Bonchev–Trinajstić information content (AvgIpc) is 2.11. The highest BCUT2D eigenvalue weighted by Gasteiger charge is 1.99. The highest BCUT2D eigenvalue weighted by Crippen LogP contribution is 2.25. The topological polar surface area (TPSA) is 0 Å². The summed E-state index contributed by atoms with van der Waals surface area (Å²) >= 11 is 11.6. The summed E-state index contributed by atoms with van der Waals surface area (Å²) in [4.78, 5) is 0. The third-order valence-electron chi connectivity index (χ3n) is 1.41. The van der Waals surface area contributed by atoms with Crippen molar-refractivity contribution in [3.8, 4) is 0 Å². The Hall–Kier alpha value is -0.200. The number of hydrogen-bond donors (Lipinski definition) is 0. The Balaban J connectivity index is 0.000000424. The van der Waals surface area contributed by atoms with Crippen molar-refractivity contribution in [1.29, 1.82) is 0 Å². The van der Waals surface area contributed by atoms with E-state index >= 15 is 0 Å². The summed E-state index contributed by atoms with van der Waals surface area (Å²) in [7, 11) is 0. The molecule has 0 bridgehead atoms. The molecule has 0 amide bonds. The van der Waals surface area contributed by atoms with Crippen molar-refractivity contribution in [3.63, 3.8) is 0 Å². The van der Waals surface area contributed by atoms with Gasteiger partial charge in [-0.05, 0) is 18.1 Å². The predicted molar refractivity (Wildman–Crippen MR) is 61.8 cm³/mol. The maximum Gasteiger partial charge on any atom is 0.0624 e. The molecule has 2 heteroatoms. The second kappa shape index (κ2) is 7.23. The molecule has 0 nitrogen and oxygen atoms in total. The monoisotopic (exact) mass is 218 g/mol. The molecule has 0 aliphatic heterocycles. The lowest BCUT2D eigenvalue weighted by atomic mass is 10.2. The van der Waals surface area contributed by atoms with Gasteiger partial charge in [0.2, 0.25) is 0 Å². The van der Waals surface area contributed by atoms with Crippen LogP contribution < -0.4 is 0 Å². The van der Waals surface area contributed by atoms with Crippen molar-refractivity contribution in [3.05, 3.63) is 33.8 Å². The number of halogens is 2. The minimum absolute atomic E-state index is 0.640. The number of hydrogen-bond acceptors (Lipinski definition) is 0. The van der Waals surface area contributed by atoms with E-state index in [0.29, 0.717) is 10.0 Å². The Kier molecular flexibility index (Phi) is 7.12. The van der Waals surface area contributed by atoms with Gasteiger partial charge in [-0.3, -0.25) is 0 Å². The van der Waals surface area contributed by atoms with Crippen molar-refractivity contribution < 1.29 is 0 Å². The summed E-state index contributed by atoms with van der Waals surface area (Å²) in [6, 6.07) is 5.68. The fourth-order valence-electron chi connectivity index (χ4n) is 0.822. The van der Waals surface area contributed by atoms with Gasteiger partial charge in [0.25, 0.3) is 0 Å². The zero-order valence-corrected chi connectivity index (χ0v) is 9.91. The third kappa shape index (κ3) is 4.54. The molecule has 0 radical (unpaired) electrons. The number of rotatable bonds is 1. The molecule has 0 aliphatic rings. The quantitative estimate of drug-likeness (QED) is 0.625. The maximum absolute atomic E-state index is 5.86. The summed E-state index contributed by atoms with van der Waals surface area (Å²) in [5, 5.41) is 1.33. The van der Waals surface area contributed by atoms with E-state index in [4.69, 9.17) is 23.2 Å². The van der Waals surface area contributed by atoms with E-state index in [1.807, 2.05) is 12.1 Å². The molecule has 0 atom stereocenters. The Morgan fingerprint density at radius 2 is 1.62 bits per heavy atom. The van der Waals surface area contributed by atoms with Crippen molar-refractivity contribution in [1.82, 2.24) is 0 Å².